The first-order chi connectivity index (χ1) is 14.8. The smallest absolute Gasteiger partial charge is 0.150 e. The van der Waals surface area contributed by atoms with E-state index in [1.54, 1.807) is 17.7 Å². The van der Waals surface area contributed by atoms with Crippen molar-refractivity contribution in [2.24, 2.45) is 5.92 Å². The third-order valence-electron chi connectivity index (χ3n) is 6.83. The van der Waals surface area contributed by atoms with Gasteiger partial charge >= 0.3 is 0 Å². The number of hydrogen-bond acceptors (Lipinski definition) is 5. The first-order valence-corrected chi connectivity index (χ1v) is 12.0. The maximum absolute atomic E-state index is 5.23. The molecule has 0 spiro atoms. The van der Waals surface area contributed by atoms with Crippen molar-refractivity contribution in [1.82, 2.24) is 15.0 Å². The Labute approximate surface area is 181 Å². The predicted octanol–water partition coefficient (Wildman–Crippen LogP) is 6.02. The number of aryl methyl sites for hydroxylation is 1. The van der Waals surface area contributed by atoms with E-state index in [0.29, 0.717) is 0 Å². The number of hydrogen-bond donors (Lipinski definition) is 0. The van der Waals surface area contributed by atoms with E-state index < -0.39 is 0 Å². The zero-order chi connectivity index (χ0) is 20.1. The molecule has 6 rings (SSSR count). The van der Waals surface area contributed by atoms with Crippen LogP contribution in [0.2, 0.25) is 0 Å². The maximum atomic E-state index is 5.23. The highest BCUT2D eigenvalue weighted by Crippen LogP contribution is 2.43. The Morgan fingerprint density at radius 3 is 2.53 bits per heavy atom. The molecule has 2 aliphatic rings. The highest BCUT2D eigenvalue weighted by atomic mass is 32.1. The fourth-order valence-electron chi connectivity index (χ4n) is 5.13. The molecule has 1 aliphatic carbocycles. The monoisotopic (exact) mass is 414 g/mol. The van der Waals surface area contributed by atoms with E-state index >= 15 is 0 Å². The molecule has 0 amide bonds. The van der Waals surface area contributed by atoms with Gasteiger partial charge in [-0.25, -0.2) is 15.0 Å². The molecule has 30 heavy (non-hydrogen) atoms. The van der Waals surface area contributed by atoms with Crippen molar-refractivity contribution in [3.8, 4) is 11.3 Å². The van der Waals surface area contributed by atoms with Gasteiger partial charge in [-0.1, -0.05) is 37.3 Å². The normalized spacial score (nSPS) is 17.6. The van der Waals surface area contributed by atoms with Gasteiger partial charge in [0.1, 0.15) is 17.0 Å². The Hall–Kier alpha value is -2.53. The van der Waals surface area contributed by atoms with Crippen molar-refractivity contribution in [3.05, 3.63) is 47.8 Å². The van der Waals surface area contributed by atoms with Crippen LogP contribution < -0.4 is 4.90 Å². The van der Waals surface area contributed by atoms with Crippen molar-refractivity contribution in [2.75, 3.05) is 18.0 Å². The van der Waals surface area contributed by atoms with Crippen LogP contribution in [-0.4, -0.2) is 28.0 Å². The van der Waals surface area contributed by atoms with Crippen LogP contribution in [0.1, 0.15) is 43.7 Å². The number of pyridine rings is 1. The van der Waals surface area contributed by atoms with Crippen molar-refractivity contribution in [3.63, 3.8) is 0 Å². The molecule has 4 aromatic rings. The number of benzene rings is 1. The minimum atomic E-state index is 0.808. The second-order valence-electron chi connectivity index (χ2n) is 8.82. The number of aromatic nitrogens is 3. The molecule has 1 fully saturated rings. The molecular formula is C25H26N4S. The number of nitrogens with zero attached hydrogens (tertiary/aromatic N) is 4. The van der Waals surface area contributed by atoms with Gasteiger partial charge in [-0.2, -0.15) is 0 Å². The van der Waals surface area contributed by atoms with Gasteiger partial charge in [-0.3, -0.25) is 0 Å². The highest BCUT2D eigenvalue weighted by Gasteiger charge is 2.26. The summed E-state index contributed by atoms with van der Waals surface area (Å²) in [5, 5.41) is 1.29. The first-order valence-electron chi connectivity index (χ1n) is 11.2. The lowest BCUT2D eigenvalue weighted by atomic mass is 9.87. The van der Waals surface area contributed by atoms with Gasteiger partial charge in [0, 0.05) is 24.0 Å². The SMILES string of the molecule is CC1CCN(c2ncnc3c2sc2nc(-c4ccccc4)c4c(c23)CCCC4)CC1. The lowest BCUT2D eigenvalue weighted by molar-refractivity contribution is 0.437. The zero-order valence-electron chi connectivity index (χ0n) is 17.4. The number of piperidine rings is 1. The largest absolute Gasteiger partial charge is 0.355 e. The summed E-state index contributed by atoms with van der Waals surface area (Å²) in [5.74, 6) is 1.92. The van der Waals surface area contributed by atoms with Crippen LogP contribution in [0.4, 0.5) is 5.82 Å². The summed E-state index contributed by atoms with van der Waals surface area (Å²) in [7, 11) is 0. The molecule has 152 valence electrons. The van der Waals surface area contributed by atoms with E-state index in [-0.39, 0.29) is 0 Å². The molecule has 1 saturated heterocycles. The summed E-state index contributed by atoms with van der Waals surface area (Å²) in [5.41, 5.74) is 6.43. The van der Waals surface area contributed by atoms with Gasteiger partial charge in [0.15, 0.2) is 0 Å². The summed E-state index contributed by atoms with van der Waals surface area (Å²) in [6, 6.07) is 10.7. The summed E-state index contributed by atoms with van der Waals surface area (Å²) >= 11 is 1.79. The second-order valence-corrected chi connectivity index (χ2v) is 9.82. The minimum Gasteiger partial charge on any atom is -0.355 e. The third-order valence-corrected chi connectivity index (χ3v) is 7.90. The molecule has 1 aromatic carbocycles. The highest BCUT2D eigenvalue weighted by molar-refractivity contribution is 7.26. The molecule has 0 atom stereocenters. The Balaban J connectivity index is 1.59. The van der Waals surface area contributed by atoms with Crippen LogP contribution in [-0.2, 0) is 12.8 Å². The summed E-state index contributed by atoms with van der Waals surface area (Å²) in [4.78, 5) is 18.3. The lowest BCUT2D eigenvalue weighted by Gasteiger charge is -2.31. The fourth-order valence-corrected chi connectivity index (χ4v) is 6.30. The molecule has 0 saturated carbocycles. The molecule has 0 N–H and O–H groups in total. The van der Waals surface area contributed by atoms with Gasteiger partial charge in [0.25, 0.3) is 0 Å². The van der Waals surface area contributed by atoms with E-state index in [4.69, 9.17) is 15.0 Å². The van der Waals surface area contributed by atoms with E-state index in [2.05, 4.69) is 42.2 Å². The zero-order valence-corrected chi connectivity index (χ0v) is 18.2. The fraction of sp³-hybridized carbons (Fsp3) is 0.400. The minimum absolute atomic E-state index is 0.808. The molecule has 4 nitrogen and oxygen atoms in total. The molecular weight excluding hydrogens is 388 g/mol. The molecule has 3 aromatic heterocycles. The van der Waals surface area contributed by atoms with E-state index in [9.17, 15) is 0 Å². The maximum Gasteiger partial charge on any atom is 0.150 e. The van der Waals surface area contributed by atoms with Crippen LogP contribution in [0.5, 0.6) is 0 Å². The molecule has 0 bridgehead atoms. The average Bonchev–Trinajstić information content (AvgIpc) is 3.19. The van der Waals surface area contributed by atoms with Gasteiger partial charge in [0.2, 0.25) is 0 Å². The number of rotatable bonds is 2. The van der Waals surface area contributed by atoms with Crippen molar-refractivity contribution < 1.29 is 0 Å². The number of thiophene rings is 1. The predicted molar refractivity (Wildman–Crippen MR) is 125 cm³/mol. The quantitative estimate of drug-likeness (QED) is 0.402. The van der Waals surface area contributed by atoms with Crippen LogP contribution >= 0.6 is 11.3 Å². The average molecular weight is 415 g/mol. The van der Waals surface area contributed by atoms with Crippen molar-refractivity contribution in [2.45, 2.75) is 45.4 Å². The molecule has 0 radical (unpaired) electrons. The van der Waals surface area contributed by atoms with Crippen molar-refractivity contribution in [1.29, 1.82) is 0 Å². The lowest BCUT2D eigenvalue weighted by Crippen LogP contribution is -2.33. The van der Waals surface area contributed by atoms with Crippen molar-refractivity contribution >= 4 is 37.6 Å². The van der Waals surface area contributed by atoms with Crippen LogP contribution in [0.3, 0.4) is 0 Å². The molecule has 1 aliphatic heterocycles. The molecule has 5 heteroatoms. The Bertz CT molecular complexity index is 1220. The van der Waals surface area contributed by atoms with E-state index in [1.165, 1.54) is 58.2 Å². The third kappa shape index (κ3) is 2.90. The Kier molecular flexibility index (Phi) is 4.45. The van der Waals surface area contributed by atoms with E-state index in [1.807, 2.05) is 0 Å². The number of fused-ring (bicyclic) bond motifs is 5. The van der Waals surface area contributed by atoms with E-state index in [0.717, 1.165) is 48.0 Å². The van der Waals surface area contributed by atoms with Gasteiger partial charge in [-0.05, 0) is 55.6 Å². The Morgan fingerprint density at radius 1 is 0.967 bits per heavy atom. The van der Waals surface area contributed by atoms with Crippen LogP contribution in [0, 0.1) is 5.92 Å². The Morgan fingerprint density at radius 2 is 1.73 bits per heavy atom. The topological polar surface area (TPSA) is 41.9 Å². The van der Waals surface area contributed by atoms with Gasteiger partial charge in [-0.15, -0.1) is 11.3 Å². The van der Waals surface area contributed by atoms with Crippen LogP contribution in [0.15, 0.2) is 36.7 Å². The summed E-state index contributed by atoms with van der Waals surface area (Å²) in [6.07, 6.45) is 8.98. The van der Waals surface area contributed by atoms with Crippen LogP contribution in [0.25, 0.3) is 31.7 Å². The van der Waals surface area contributed by atoms with Gasteiger partial charge < -0.3 is 4.90 Å². The first kappa shape index (κ1) is 18.3. The van der Waals surface area contributed by atoms with Gasteiger partial charge in [0.05, 0.1) is 15.9 Å². The standard InChI is InChI=1S/C25H26N4S/c1-16-11-13-29(14-12-16)24-23-22(26-15-27-24)20-18-9-5-6-10-19(18)21(28-25(20)30-23)17-7-3-2-4-8-17/h2-4,7-8,15-16H,5-6,9-14H2,1H3. The molecule has 4 heterocycles. The second kappa shape index (κ2) is 7.31. The number of anilines is 1. The molecule has 0 unspecified atom stereocenters. The summed E-state index contributed by atoms with van der Waals surface area (Å²) < 4.78 is 1.22. The summed E-state index contributed by atoms with van der Waals surface area (Å²) in [6.45, 7) is 4.53.